The largest absolute Gasteiger partial charge is 0.338 e. The van der Waals surface area contributed by atoms with Gasteiger partial charge in [0.15, 0.2) is 0 Å². The molecule has 1 aliphatic heterocycles. The standard InChI is InChI=1S/C15H23N5/c1-4-5-14(11-16)19-6-8-20(9-7-19)15-17-12(2)10-13(3)18-15/h10,14H,4-9H2,1-3H3. The number of anilines is 1. The maximum Gasteiger partial charge on any atom is 0.225 e. The van der Waals surface area contributed by atoms with Gasteiger partial charge in [0.2, 0.25) is 5.95 Å². The van der Waals surface area contributed by atoms with E-state index in [1.165, 1.54) is 0 Å². The molecule has 0 amide bonds. The zero-order chi connectivity index (χ0) is 14.5. The molecule has 0 radical (unpaired) electrons. The van der Waals surface area contributed by atoms with Crippen LogP contribution < -0.4 is 4.90 Å². The van der Waals surface area contributed by atoms with Crippen molar-refractivity contribution in [2.24, 2.45) is 0 Å². The summed E-state index contributed by atoms with van der Waals surface area (Å²) in [5.74, 6) is 0.825. The first-order valence-corrected chi connectivity index (χ1v) is 7.35. The summed E-state index contributed by atoms with van der Waals surface area (Å²) in [6.07, 6.45) is 2.01. The summed E-state index contributed by atoms with van der Waals surface area (Å²) in [5, 5.41) is 9.24. The lowest BCUT2D eigenvalue weighted by atomic mass is 10.1. The van der Waals surface area contributed by atoms with Gasteiger partial charge in [-0.15, -0.1) is 0 Å². The molecule has 108 valence electrons. The van der Waals surface area contributed by atoms with E-state index in [4.69, 9.17) is 0 Å². The summed E-state index contributed by atoms with van der Waals surface area (Å²) in [6, 6.07) is 4.47. The third kappa shape index (κ3) is 3.45. The van der Waals surface area contributed by atoms with Gasteiger partial charge in [-0.05, 0) is 26.3 Å². The van der Waals surface area contributed by atoms with E-state index < -0.39 is 0 Å². The van der Waals surface area contributed by atoms with E-state index in [-0.39, 0.29) is 6.04 Å². The number of rotatable bonds is 4. The van der Waals surface area contributed by atoms with Crippen molar-refractivity contribution in [2.75, 3.05) is 31.1 Å². The molecule has 0 spiro atoms. The van der Waals surface area contributed by atoms with Crippen molar-refractivity contribution in [1.29, 1.82) is 5.26 Å². The van der Waals surface area contributed by atoms with Crippen LogP contribution in [0, 0.1) is 25.2 Å². The van der Waals surface area contributed by atoms with E-state index in [2.05, 4.69) is 32.8 Å². The second-order valence-electron chi connectivity index (χ2n) is 5.41. The Balaban J connectivity index is 1.99. The van der Waals surface area contributed by atoms with E-state index in [9.17, 15) is 5.26 Å². The van der Waals surface area contributed by atoms with Crippen LogP contribution in [-0.4, -0.2) is 47.1 Å². The van der Waals surface area contributed by atoms with Gasteiger partial charge in [-0.3, -0.25) is 4.90 Å². The van der Waals surface area contributed by atoms with Crippen molar-refractivity contribution in [3.05, 3.63) is 17.5 Å². The topological polar surface area (TPSA) is 56.1 Å². The highest BCUT2D eigenvalue weighted by Gasteiger charge is 2.24. The summed E-state index contributed by atoms with van der Waals surface area (Å²) in [7, 11) is 0. The van der Waals surface area contributed by atoms with Gasteiger partial charge in [-0.25, -0.2) is 9.97 Å². The molecule has 1 aromatic rings. The average molecular weight is 273 g/mol. The van der Waals surface area contributed by atoms with E-state index in [0.717, 1.165) is 56.4 Å². The molecule has 1 fully saturated rings. The molecule has 5 heteroatoms. The third-order valence-corrected chi connectivity index (χ3v) is 3.72. The zero-order valence-corrected chi connectivity index (χ0v) is 12.6. The first-order valence-electron chi connectivity index (χ1n) is 7.35. The molecule has 1 atom stereocenters. The molecule has 0 saturated carbocycles. The van der Waals surface area contributed by atoms with Crippen LogP contribution in [0.3, 0.4) is 0 Å². The molecule has 1 saturated heterocycles. The minimum absolute atomic E-state index is 0.0577. The Kier molecular flexibility index (Phi) is 4.91. The fraction of sp³-hybridized carbons (Fsp3) is 0.667. The van der Waals surface area contributed by atoms with Crippen molar-refractivity contribution >= 4 is 5.95 Å². The summed E-state index contributed by atoms with van der Waals surface area (Å²) in [5.41, 5.74) is 2.02. The maximum absolute atomic E-state index is 9.24. The first-order chi connectivity index (χ1) is 9.63. The van der Waals surface area contributed by atoms with Gasteiger partial charge in [0.1, 0.15) is 0 Å². The average Bonchev–Trinajstić information content (AvgIpc) is 2.44. The lowest BCUT2D eigenvalue weighted by molar-refractivity contribution is 0.210. The van der Waals surface area contributed by atoms with Crippen molar-refractivity contribution < 1.29 is 0 Å². The summed E-state index contributed by atoms with van der Waals surface area (Å²) in [6.45, 7) is 9.74. The maximum atomic E-state index is 9.24. The monoisotopic (exact) mass is 273 g/mol. The van der Waals surface area contributed by atoms with Crippen molar-refractivity contribution in [1.82, 2.24) is 14.9 Å². The molecule has 1 aromatic heterocycles. The molecule has 1 aliphatic rings. The fourth-order valence-corrected chi connectivity index (χ4v) is 2.68. The molecule has 0 aromatic carbocycles. The second kappa shape index (κ2) is 6.67. The van der Waals surface area contributed by atoms with Gasteiger partial charge in [-0.1, -0.05) is 13.3 Å². The number of aromatic nitrogens is 2. The van der Waals surface area contributed by atoms with E-state index in [1.807, 2.05) is 19.9 Å². The van der Waals surface area contributed by atoms with E-state index in [1.54, 1.807) is 0 Å². The lowest BCUT2D eigenvalue weighted by Gasteiger charge is -2.37. The summed E-state index contributed by atoms with van der Waals surface area (Å²) in [4.78, 5) is 13.5. The molecule has 0 bridgehead atoms. The van der Waals surface area contributed by atoms with Crippen molar-refractivity contribution in [2.45, 2.75) is 39.7 Å². The van der Waals surface area contributed by atoms with Crippen LogP contribution in [0.5, 0.6) is 0 Å². The van der Waals surface area contributed by atoms with E-state index in [0.29, 0.717) is 0 Å². The number of hydrogen-bond donors (Lipinski definition) is 0. The van der Waals surface area contributed by atoms with Gasteiger partial charge in [0, 0.05) is 37.6 Å². The highest BCUT2D eigenvalue weighted by atomic mass is 15.3. The molecule has 20 heavy (non-hydrogen) atoms. The quantitative estimate of drug-likeness (QED) is 0.838. The molecule has 2 heterocycles. The molecule has 2 rings (SSSR count). The molecular formula is C15H23N5. The van der Waals surface area contributed by atoms with Crippen LogP contribution in [0.4, 0.5) is 5.95 Å². The Bertz CT molecular complexity index is 465. The van der Waals surface area contributed by atoms with E-state index >= 15 is 0 Å². The summed E-state index contributed by atoms with van der Waals surface area (Å²) >= 11 is 0. The Morgan fingerprint density at radius 1 is 1.20 bits per heavy atom. The van der Waals surface area contributed by atoms with Crippen molar-refractivity contribution in [3.8, 4) is 6.07 Å². The Morgan fingerprint density at radius 3 is 2.30 bits per heavy atom. The Hall–Kier alpha value is -1.67. The number of aryl methyl sites for hydroxylation is 2. The molecule has 0 aliphatic carbocycles. The number of nitrogens with zero attached hydrogens (tertiary/aromatic N) is 5. The Labute approximate surface area is 121 Å². The lowest BCUT2D eigenvalue weighted by Crippen LogP contribution is -2.50. The van der Waals surface area contributed by atoms with Crippen LogP contribution in [0.1, 0.15) is 31.2 Å². The molecule has 5 nitrogen and oxygen atoms in total. The van der Waals surface area contributed by atoms with Crippen LogP contribution >= 0.6 is 0 Å². The van der Waals surface area contributed by atoms with Gasteiger partial charge < -0.3 is 4.90 Å². The van der Waals surface area contributed by atoms with Crippen molar-refractivity contribution in [3.63, 3.8) is 0 Å². The molecule has 1 unspecified atom stereocenters. The second-order valence-corrected chi connectivity index (χ2v) is 5.41. The predicted molar refractivity (Wildman–Crippen MR) is 79.6 cm³/mol. The fourth-order valence-electron chi connectivity index (χ4n) is 2.68. The SMILES string of the molecule is CCCC(C#N)N1CCN(c2nc(C)cc(C)n2)CC1. The van der Waals surface area contributed by atoms with Gasteiger partial charge in [0.05, 0.1) is 12.1 Å². The third-order valence-electron chi connectivity index (χ3n) is 3.72. The van der Waals surface area contributed by atoms with Crippen LogP contribution in [0.2, 0.25) is 0 Å². The number of piperazine rings is 1. The number of nitriles is 1. The zero-order valence-electron chi connectivity index (χ0n) is 12.6. The predicted octanol–water partition coefficient (Wildman–Crippen LogP) is 1.91. The summed E-state index contributed by atoms with van der Waals surface area (Å²) < 4.78 is 0. The highest BCUT2D eigenvalue weighted by molar-refractivity contribution is 5.33. The smallest absolute Gasteiger partial charge is 0.225 e. The number of hydrogen-bond acceptors (Lipinski definition) is 5. The minimum atomic E-state index is 0.0577. The van der Waals surface area contributed by atoms with Gasteiger partial charge in [-0.2, -0.15) is 5.26 Å². The molecule has 0 N–H and O–H groups in total. The van der Waals surface area contributed by atoms with Gasteiger partial charge >= 0.3 is 0 Å². The van der Waals surface area contributed by atoms with Crippen LogP contribution in [-0.2, 0) is 0 Å². The molecular weight excluding hydrogens is 250 g/mol. The first kappa shape index (κ1) is 14.7. The Morgan fingerprint density at radius 2 is 1.80 bits per heavy atom. The highest BCUT2D eigenvalue weighted by Crippen LogP contribution is 2.15. The van der Waals surface area contributed by atoms with Gasteiger partial charge in [0.25, 0.3) is 0 Å². The minimum Gasteiger partial charge on any atom is -0.338 e. The van der Waals surface area contributed by atoms with Crippen LogP contribution in [0.25, 0.3) is 0 Å². The van der Waals surface area contributed by atoms with Crippen LogP contribution in [0.15, 0.2) is 6.07 Å². The normalized spacial score (nSPS) is 17.8.